The maximum atomic E-state index is 5.27. The van der Waals surface area contributed by atoms with E-state index in [0.717, 1.165) is 31.1 Å². The van der Waals surface area contributed by atoms with Crippen molar-refractivity contribution >= 4 is 5.88 Å². The van der Waals surface area contributed by atoms with Crippen LogP contribution in [0.25, 0.3) is 0 Å². The fraction of sp³-hybridized carbons (Fsp3) is 0.667. The quantitative estimate of drug-likeness (QED) is 0.708. The van der Waals surface area contributed by atoms with E-state index in [-0.39, 0.29) is 0 Å². The molecular formula is C9H13N3O. The molecule has 0 bridgehead atoms. The lowest BCUT2D eigenvalue weighted by molar-refractivity contribution is 0.421. The summed E-state index contributed by atoms with van der Waals surface area (Å²) in [4.78, 5) is 0. The van der Waals surface area contributed by atoms with Crippen LogP contribution in [-0.2, 0) is 13.0 Å². The summed E-state index contributed by atoms with van der Waals surface area (Å²) in [6.07, 6.45) is 3.58. The zero-order valence-electron chi connectivity index (χ0n) is 7.47. The van der Waals surface area contributed by atoms with Crippen LogP contribution in [-0.4, -0.2) is 17.7 Å². The molecule has 2 N–H and O–H groups in total. The van der Waals surface area contributed by atoms with Gasteiger partial charge in [-0.3, -0.25) is 0 Å². The smallest absolute Gasteiger partial charge is 0.228 e. The van der Waals surface area contributed by atoms with Gasteiger partial charge < -0.3 is 15.2 Å². The first kappa shape index (κ1) is 7.38. The molecule has 0 aromatic carbocycles. The zero-order valence-corrected chi connectivity index (χ0v) is 7.47. The molecule has 1 aromatic rings. The Balaban J connectivity index is 1.86. The van der Waals surface area contributed by atoms with Crippen molar-refractivity contribution in [1.29, 1.82) is 0 Å². The molecule has 13 heavy (non-hydrogen) atoms. The lowest BCUT2D eigenvalue weighted by Gasteiger charge is -2.11. The molecule has 0 radical (unpaired) electrons. The van der Waals surface area contributed by atoms with E-state index in [0.29, 0.717) is 6.04 Å². The molecule has 2 heterocycles. The number of hydrogen-bond donors (Lipinski definition) is 2. The summed E-state index contributed by atoms with van der Waals surface area (Å²) in [5, 5.41) is 10.7. The lowest BCUT2D eigenvalue weighted by atomic mass is 10.1. The standard InChI is InChI=1S/C9H13N3O/c1-2-6(1)11-9-7-3-4-10-5-8(7)12-13-9/h6,10-11H,1-5H2. The molecule has 2 aliphatic rings. The number of nitrogens with one attached hydrogen (secondary N) is 2. The second-order valence-corrected chi connectivity index (χ2v) is 3.78. The van der Waals surface area contributed by atoms with E-state index < -0.39 is 0 Å². The van der Waals surface area contributed by atoms with Crippen LogP contribution in [0.4, 0.5) is 5.88 Å². The molecule has 1 aromatic heterocycles. The predicted octanol–water partition coefficient (Wildman–Crippen LogP) is 0.895. The van der Waals surface area contributed by atoms with Gasteiger partial charge >= 0.3 is 0 Å². The van der Waals surface area contributed by atoms with Gasteiger partial charge in [-0.05, 0) is 25.8 Å². The Bertz CT molecular complexity index is 317. The molecule has 70 valence electrons. The Labute approximate surface area is 76.7 Å². The van der Waals surface area contributed by atoms with Gasteiger partial charge in [-0.15, -0.1) is 0 Å². The molecule has 0 spiro atoms. The van der Waals surface area contributed by atoms with Crippen LogP contribution in [0, 0.1) is 0 Å². The third-order valence-electron chi connectivity index (χ3n) is 2.63. The molecule has 4 nitrogen and oxygen atoms in total. The van der Waals surface area contributed by atoms with Crippen molar-refractivity contribution in [3.05, 3.63) is 11.3 Å². The fourth-order valence-electron chi connectivity index (χ4n) is 1.69. The first-order valence-corrected chi connectivity index (χ1v) is 4.88. The van der Waals surface area contributed by atoms with Crippen molar-refractivity contribution in [2.75, 3.05) is 11.9 Å². The fourth-order valence-corrected chi connectivity index (χ4v) is 1.69. The van der Waals surface area contributed by atoms with Crippen molar-refractivity contribution < 1.29 is 4.52 Å². The highest BCUT2D eigenvalue weighted by molar-refractivity contribution is 5.46. The highest BCUT2D eigenvalue weighted by Gasteiger charge is 2.26. The number of aromatic nitrogens is 1. The summed E-state index contributed by atoms with van der Waals surface area (Å²) >= 11 is 0. The second kappa shape index (κ2) is 2.73. The van der Waals surface area contributed by atoms with Crippen molar-refractivity contribution in [3.63, 3.8) is 0 Å². The van der Waals surface area contributed by atoms with Gasteiger partial charge in [-0.25, -0.2) is 0 Å². The van der Waals surface area contributed by atoms with Crippen LogP contribution < -0.4 is 10.6 Å². The lowest BCUT2D eigenvalue weighted by Crippen LogP contribution is -2.23. The van der Waals surface area contributed by atoms with E-state index in [1.807, 2.05) is 0 Å². The number of anilines is 1. The van der Waals surface area contributed by atoms with E-state index in [2.05, 4.69) is 15.8 Å². The van der Waals surface area contributed by atoms with Crippen LogP contribution in [0.2, 0.25) is 0 Å². The Morgan fingerprint density at radius 1 is 1.46 bits per heavy atom. The summed E-state index contributed by atoms with van der Waals surface area (Å²) in [6, 6.07) is 0.645. The maximum Gasteiger partial charge on any atom is 0.228 e. The maximum absolute atomic E-state index is 5.27. The first-order valence-electron chi connectivity index (χ1n) is 4.88. The molecule has 1 aliphatic heterocycles. The van der Waals surface area contributed by atoms with E-state index >= 15 is 0 Å². The van der Waals surface area contributed by atoms with Gasteiger partial charge in [0.1, 0.15) is 5.69 Å². The Morgan fingerprint density at radius 3 is 3.23 bits per heavy atom. The molecule has 3 rings (SSSR count). The molecule has 0 saturated heterocycles. The number of hydrogen-bond acceptors (Lipinski definition) is 4. The number of fused-ring (bicyclic) bond motifs is 1. The summed E-state index contributed by atoms with van der Waals surface area (Å²) < 4.78 is 5.27. The predicted molar refractivity (Wildman–Crippen MR) is 48.6 cm³/mol. The summed E-state index contributed by atoms with van der Waals surface area (Å²) in [6.45, 7) is 1.89. The number of nitrogens with zero attached hydrogens (tertiary/aromatic N) is 1. The SMILES string of the molecule is C1Cc2c(noc2NC2CC2)CN1. The minimum atomic E-state index is 0.645. The van der Waals surface area contributed by atoms with E-state index in [1.54, 1.807) is 0 Å². The van der Waals surface area contributed by atoms with Crippen LogP contribution in [0.3, 0.4) is 0 Å². The average Bonchev–Trinajstić information content (AvgIpc) is 2.88. The molecule has 1 fully saturated rings. The average molecular weight is 179 g/mol. The van der Waals surface area contributed by atoms with Gasteiger partial charge in [-0.1, -0.05) is 5.16 Å². The molecule has 0 atom stereocenters. The molecule has 0 amide bonds. The van der Waals surface area contributed by atoms with E-state index in [4.69, 9.17) is 4.52 Å². The van der Waals surface area contributed by atoms with Gasteiger partial charge in [-0.2, -0.15) is 0 Å². The van der Waals surface area contributed by atoms with Gasteiger partial charge in [0.15, 0.2) is 0 Å². The molecule has 0 unspecified atom stereocenters. The third kappa shape index (κ3) is 1.31. The third-order valence-corrected chi connectivity index (χ3v) is 2.63. The molecule has 4 heteroatoms. The van der Waals surface area contributed by atoms with Gasteiger partial charge in [0.25, 0.3) is 0 Å². The monoisotopic (exact) mass is 179 g/mol. The van der Waals surface area contributed by atoms with Crippen molar-refractivity contribution in [1.82, 2.24) is 10.5 Å². The summed E-state index contributed by atoms with van der Waals surface area (Å²) in [5.41, 5.74) is 2.36. The van der Waals surface area contributed by atoms with Crippen molar-refractivity contribution in [2.24, 2.45) is 0 Å². The minimum absolute atomic E-state index is 0.645. The Morgan fingerprint density at radius 2 is 2.38 bits per heavy atom. The zero-order chi connectivity index (χ0) is 8.67. The van der Waals surface area contributed by atoms with Crippen molar-refractivity contribution in [2.45, 2.75) is 31.8 Å². The van der Waals surface area contributed by atoms with Crippen molar-refractivity contribution in [3.8, 4) is 0 Å². The molecule has 1 saturated carbocycles. The van der Waals surface area contributed by atoms with E-state index in [9.17, 15) is 0 Å². The highest BCUT2D eigenvalue weighted by atomic mass is 16.5. The Hall–Kier alpha value is -1.03. The molecular weight excluding hydrogens is 166 g/mol. The van der Waals surface area contributed by atoms with Gasteiger partial charge in [0.05, 0.1) is 0 Å². The van der Waals surface area contributed by atoms with Crippen LogP contribution in [0.1, 0.15) is 24.1 Å². The van der Waals surface area contributed by atoms with E-state index in [1.165, 1.54) is 18.4 Å². The summed E-state index contributed by atoms with van der Waals surface area (Å²) in [5.74, 6) is 0.916. The second-order valence-electron chi connectivity index (χ2n) is 3.78. The summed E-state index contributed by atoms with van der Waals surface area (Å²) in [7, 11) is 0. The first-order chi connectivity index (χ1) is 6.43. The molecule has 1 aliphatic carbocycles. The number of rotatable bonds is 2. The largest absolute Gasteiger partial charge is 0.351 e. The normalized spacial score (nSPS) is 21.2. The van der Waals surface area contributed by atoms with Crippen LogP contribution in [0.15, 0.2) is 4.52 Å². The highest BCUT2D eigenvalue weighted by Crippen LogP contribution is 2.29. The Kier molecular flexibility index (Phi) is 1.55. The van der Waals surface area contributed by atoms with Gasteiger partial charge in [0.2, 0.25) is 5.88 Å². The van der Waals surface area contributed by atoms with Gasteiger partial charge in [0, 0.05) is 18.2 Å². The topological polar surface area (TPSA) is 50.1 Å². The minimum Gasteiger partial charge on any atom is -0.351 e. The van der Waals surface area contributed by atoms with Crippen LogP contribution in [0.5, 0.6) is 0 Å². The van der Waals surface area contributed by atoms with Crippen LogP contribution >= 0.6 is 0 Å².